The number of aromatic amines is 1. The third kappa shape index (κ3) is 4.40. The van der Waals surface area contributed by atoms with E-state index in [2.05, 4.69) is 48.2 Å². The molecule has 1 aromatic heterocycles. The molecular weight excluding hydrogens is 216 g/mol. The molecule has 1 rings (SSSR count). The van der Waals surface area contributed by atoms with E-state index in [0.717, 1.165) is 5.69 Å². The summed E-state index contributed by atoms with van der Waals surface area (Å²) in [5, 5.41) is 12.6. The number of anilines is 1. The maximum absolute atomic E-state index is 11.5. The van der Waals surface area contributed by atoms with Gasteiger partial charge in [-0.25, -0.2) is 0 Å². The van der Waals surface area contributed by atoms with E-state index in [1.807, 2.05) is 6.07 Å². The van der Waals surface area contributed by atoms with Crippen molar-refractivity contribution in [3.63, 3.8) is 0 Å². The molecule has 0 spiro atoms. The Morgan fingerprint density at radius 3 is 2.82 bits per heavy atom. The van der Waals surface area contributed by atoms with E-state index >= 15 is 0 Å². The number of hydrogen-bond acceptors (Lipinski definition) is 3. The summed E-state index contributed by atoms with van der Waals surface area (Å²) in [6, 6.07) is 1.85. The van der Waals surface area contributed by atoms with E-state index in [1.165, 1.54) is 0 Å². The van der Waals surface area contributed by atoms with Gasteiger partial charge in [0.15, 0.2) is 5.82 Å². The first kappa shape index (κ1) is 13.4. The first-order valence-corrected chi connectivity index (χ1v) is 5.61. The molecule has 0 saturated heterocycles. The van der Waals surface area contributed by atoms with E-state index in [9.17, 15) is 4.79 Å². The third-order valence-corrected chi connectivity index (χ3v) is 2.23. The zero-order valence-electron chi connectivity index (χ0n) is 10.6. The number of carbonyl (C=O) groups excluding carboxylic acids is 1. The van der Waals surface area contributed by atoms with Crippen LogP contribution in [-0.2, 0) is 10.2 Å². The second-order valence-corrected chi connectivity index (χ2v) is 4.88. The van der Waals surface area contributed by atoms with Gasteiger partial charge in [0, 0.05) is 23.7 Å². The van der Waals surface area contributed by atoms with Gasteiger partial charge in [0.1, 0.15) is 0 Å². The zero-order chi connectivity index (χ0) is 12.9. The molecule has 0 unspecified atom stereocenters. The molecule has 0 fully saturated rings. The van der Waals surface area contributed by atoms with Gasteiger partial charge in [-0.05, 0) is 0 Å². The van der Waals surface area contributed by atoms with E-state index in [4.69, 9.17) is 0 Å². The highest BCUT2D eigenvalue weighted by molar-refractivity contribution is 5.91. The highest BCUT2D eigenvalue weighted by atomic mass is 16.2. The Hall–Kier alpha value is -1.62. The lowest BCUT2D eigenvalue weighted by molar-refractivity contribution is -0.115. The van der Waals surface area contributed by atoms with Crippen molar-refractivity contribution in [3.05, 3.63) is 24.4 Å². The summed E-state index contributed by atoms with van der Waals surface area (Å²) in [7, 11) is 0. The number of hydrogen-bond donors (Lipinski definition) is 3. The fraction of sp³-hybridized carbons (Fsp3) is 0.500. The second-order valence-electron chi connectivity index (χ2n) is 4.88. The van der Waals surface area contributed by atoms with Gasteiger partial charge in [-0.2, -0.15) is 5.10 Å². The van der Waals surface area contributed by atoms with Crippen LogP contribution < -0.4 is 10.6 Å². The van der Waals surface area contributed by atoms with E-state index in [-0.39, 0.29) is 17.9 Å². The number of H-pyrrole nitrogens is 1. The predicted molar refractivity (Wildman–Crippen MR) is 69.0 cm³/mol. The molecule has 0 saturated carbocycles. The Kier molecular flexibility index (Phi) is 4.45. The molecule has 94 valence electrons. The van der Waals surface area contributed by atoms with E-state index in [1.54, 1.807) is 6.08 Å². The number of aromatic nitrogens is 2. The summed E-state index contributed by atoms with van der Waals surface area (Å²) >= 11 is 0. The van der Waals surface area contributed by atoms with Crippen molar-refractivity contribution in [2.75, 3.05) is 18.4 Å². The SMILES string of the molecule is C=CCNCC(=O)Nc1cc(C(C)(C)C)[nH]n1. The first-order valence-electron chi connectivity index (χ1n) is 5.61. The molecule has 3 N–H and O–H groups in total. The third-order valence-electron chi connectivity index (χ3n) is 2.23. The van der Waals surface area contributed by atoms with Crippen LogP contribution in [0, 0.1) is 0 Å². The van der Waals surface area contributed by atoms with Gasteiger partial charge >= 0.3 is 0 Å². The van der Waals surface area contributed by atoms with Crippen LogP contribution in [0.2, 0.25) is 0 Å². The average Bonchev–Trinajstić information content (AvgIpc) is 2.66. The van der Waals surface area contributed by atoms with Crippen molar-refractivity contribution < 1.29 is 4.79 Å². The molecule has 5 nitrogen and oxygen atoms in total. The monoisotopic (exact) mass is 236 g/mol. The summed E-state index contributed by atoms with van der Waals surface area (Å²) in [6.07, 6.45) is 1.71. The van der Waals surface area contributed by atoms with Crippen molar-refractivity contribution in [3.8, 4) is 0 Å². The zero-order valence-corrected chi connectivity index (χ0v) is 10.6. The van der Waals surface area contributed by atoms with Crippen LogP contribution in [0.25, 0.3) is 0 Å². The van der Waals surface area contributed by atoms with Gasteiger partial charge in [0.2, 0.25) is 5.91 Å². The van der Waals surface area contributed by atoms with Gasteiger partial charge < -0.3 is 10.6 Å². The van der Waals surface area contributed by atoms with Crippen molar-refractivity contribution in [1.82, 2.24) is 15.5 Å². The Balaban J connectivity index is 2.49. The van der Waals surface area contributed by atoms with Crippen molar-refractivity contribution in [2.24, 2.45) is 0 Å². The molecule has 0 aliphatic carbocycles. The smallest absolute Gasteiger partial charge is 0.239 e. The highest BCUT2D eigenvalue weighted by Gasteiger charge is 2.17. The summed E-state index contributed by atoms with van der Waals surface area (Å²) in [5.41, 5.74) is 0.990. The number of carbonyl (C=O) groups is 1. The molecule has 1 heterocycles. The lowest BCUT2D eigenvalue weighted by Crippen LogP contribution is -2.28. The van der Waals surface area contributed by atoms with Gasteiger partial charge in [-0.15, -0.1) is 6.58 Å². The standard InChI is InChI=1S/C12H20N4O/c1-5-6-13-8-11(17)14-10-7-9(15-16-10)12(2,3)4/h5,7,13H,1,6,8H2,2-4H3,(H2,14,15,16,17). The van der Waals surface area contributed by atoms with Gasteiger partial charge in [-0.3, -0.25) is 9.89 Å². The molecule has 1 aromatic rings. The van der Waals surface area contributed by atoms with E-state index < -0.39 is 0 Å². The van der Waals surface area contributed by atoms with Crippen LogP contribution in [-0.4, -0.2) is 29.2 Å². The van der Waals surface area contributed by atoms with Gasteiger partial charge in [0.05, 0.1) is 6.54 Å². The maximum atomic E-state index is 11.5. The van der Waals surface area contributed by atoms with Crippen molar-refractivity contribution >= 4 is 11.7 Å². The number of nitrogens with one attached hydrogen (secondary N) is 3. The van der Waals surface area contributed by atoms with Crippen molar-refractivity contribution in [2.45, 2.75) is 26.2 Å². The molecule has 1 amide bonds. The Labute approximate surface area is 102 Å². The summed E-state index contributed by atoms with van der Waals surface area (Å²) in [6.45, 7) is 10.7. The van der Waals surface area contributed by atoms with E-state index in [0.29, 0.717) is 12.4 Å². The van der Waals surface area contributed by atoms with Gasteiger partial charge in [0.25, 0.3) is 0 Å². The lowest BCUT2D eigenvalue weighted by atomic mass is 9.92. The number of nitrogens with zero attached hydrogens (tertiary/aromatic N) is 1. The largest absolute Gasteiger partial charge is 0.308 e. The molecule has 0 bridgehead atoms. The minimum Gasteiger partial charge on any atom is -0.308 e. The molecule has 0 aromatic carbocycles. The molecular formula is C12H20N4O. The topological polar surface area (TPSA) is 69.8 Å². The van der Waals surface area contributed by atoms with Crippen LogP contribution in [0.5, 0.6) is 0 Å². The molecule has 0 aliphatic rings. The normalized spacial score (nSPS) is 11.2. The highest BCUT2D eigenvalue weighted by Crippen LogP contribution is 2.21. The predicted octanol–water partition coefficient (Wildman–Crippen LogP) is 1.42. The Morgan fingerprint density at radius 1 is 1.59 bits per heavy atom. The second kappa shape index (κ2) is 5.63. The molecule has 5 heteroatoms. The maximum Gasteiger partial charge on any atom is 0.239 e. The molecule has 0 atom stereocenters. The van der Waals surface area contributed by atoms with Crippen LogP contribution in [0.4, 0.5) is 5.82 Å². The van der Waals surface area contributed by atoms with Crippen LogP contribution >= 0.6 is 0 Å². The Bertz CT molecular complexity index is 389. The number of amides is 1. The fourth-order valence-corrected chi connectivity index (χ4v) is 1.24. The minimum absolute atomic E-state index is 0.00291. The van der Waals surface area contributed by atoms with Gasteiger partial charge in [-0.1, -0.05) is 26.8 Å². The summed E-state index contributed by atoms with van der Waals surface area (Å²) in [5.74, 6) is 0.444. The summed E-state index contributed by atoms with van der Waals surface area (Å²) in [4.78, 5) is 11.5. The van der Waals surface area contributed by atoms with Crippen LogP contribution in [0.3, 0.4) is 0 Å². The molecule has 0 radical (unpaired) electrons. The fourth-order valence-electron chi connectivity index (χ4n) is 1.24. The Morgan fingerprint density at radius 2 is 2.29 bits per heavy atom. The number of rotatable bonds is 5. The average molecular weight is 236 g/mol. The lowest BCUT2D eigenvalue weighted by Gasteiger charge is -2.14. The minimum atomic E-state index is -0.112. The molecule has 0 aliphatic heterocycles. The summed E-state index contributed by atoms with van der Waals surface area (Å²) < 4.78 is 0. The first-order chi connectivity index (χ1) is 7.93. The van der Waals surface area contributed by atoms with Crippen LogP contribution in [0.15, 0.2) is 18.7 Å². The quantitative estimate of drug-likeness (QED) is 0.535. The molecule has 17 heavy (non-hydrogen) atoms. The van der Waals surface area contributed by atoms with Crippen LogP contribution in [0.1, 0.15) is 26.5 Å². The van der Waals surface area contributed by atoms with Crippen molar-refractivity contribution in [1.29, 1.82) is 0 Å².